The second-order valence-corrected chi connectivity index (χ2v) is 14.7. The Hall–Kier alpha value is -5.04. The zero-order valence-corrected chi connectivity index (χ0v) is 30.3. The van der Waals surface area contributed by atoms with E-state index in [9.17, 15) is 9.59 Å². The lowest BCUT2D eigenvalue weighted by molar-refractivity contribution is -0.127. The van der Waals surface area contributed by atoms with Gasteiger partial charge in [0.05, 0.1) is 9.49 Å². The summed E-state index contributed by atoms with van der Waals surface area (Å²) in [6.45, 7) is 0. The van der Waals surface area contributed by atoms with Crippen LogP contribution in [0.1, 0.15) is 39.8 Å². The molecule has 6 rings (SSSR count). The van der Waals surface area contributed by atoms with Gasteiger partial charge in [-0.3, -0.25) is 9.59 Å². The van der Waals surface area contributed by atoms with Gasteiger partial charge in [0, 0.05) is 25.0 Å². The minimum absolute atomic E-state index is 0.162. The van der Waals surface area contributed by atoms with Crippen LogP contribution in [0.5, 0.6) is 0 Å². The van der Waals surface area contributed by atoms with Gasteiger partial charge in [0.2, 0.25) is 11.8 Å². The third kappa shape index (κ3) is 7.98. The van der Waals surface area contributed by atoms with E-state index in [4.69, 9.17) is 0 Å². The third-order valence-electron chi connectivity index (χ3n) is 9.09. The van der Waals surface area contributed by atoms with E-state index in [1.807, 2.05) is 72.8 Å². The van der Waals surface area contributed by atoms with Crippen LogP contribution in [-0.4, -0.2) is 36.4 Å². The number of benzene rings is 6. The fourth-order valence-corrected chi connectivity index (χ4v) is 9.73. The van der Waals surface area contributed by atoms with Crippen molar-refractivity contribution in [1.82, 2.24) is 10.6 Å². The number of amides is 2. The average Bonchev–Trinajstić information content (AvgIpc) is 3.21. The number of thioether (sulfide) groups is 2. The predicted molar refractivity (Wildman–Crippen MR) is 214 cm³/mol. The molecule has 0 aliphatic heterocycles. The summed E-state index contributed by atoms with van der Waals surface area (Å²) in [5.74, 6) is 0.516. The molecule has 0 saturated carbocycles. The van der Waals surface area contributed by atoms with E-state index in [1.165, 1.54) is 0 Å². The molecule has 0 bridgehead atoms. The van der Waals surface area contributed by atoms with Crippen molar-refractivity contribution < 1.29 is 9.59 Å². The van der Waals surface area contributed by atoms with Crippen LogP contribution in [0.2, 0.25) is 0 Å². The Morgan fingerprint density at radius 2 is 0.784 bits per heavy atom. The average molecular weight is 707 g/mol. The molecule has 256 valence electrons. The van der Waals surface area contributed by atoms with Crippen molar-refractivity contribution in [2.75, 3.05) is 18.6 Å². The first-order chi connectivity index (χ1) is 25.1. The van der Waals surface area contributed by atoms with Crippen LogP contribution in [0.15, 0.2) is 182 Å². The Morgan fingerprint density at radius 1 is 0.490 bits per heavy atom. The molecule has 6 heteroatoms. The van der Waals surface area contributed by atoms with Gasteiger partial charge in [-0.05, 0) is 33.4 Å². The summed E-state index contributed by atoms with van der Waals surface area (Å²) in [5.41, 5.74) is 6.74. The summed E-state index contributed by atoms with van der Waals surface area (Å²) < 4.78 is -1.14. The maximum absolute atomic E-state index is 13.8. The number of carbonyl (C=O) groups is 2. The fraction of sp³-hybridized carbons (Fsp3) is 0.156. The van der Waals surface area contributed by atoms with E-state index in [0.29, 0.717) is 11.5 Å². The molecule has 6 aromatic carbocycles. The minimum Gasteiger partial charge on any atom is -0.357 e. The molecule has 1 unspecified atom stereocenters. The van der Waals surface area contributed by atoms with E-state index >= 15 is 0 Å². The highest BCUT2D eigenvalue weighted by molar-refractivity contribution is 8.01. The number of carbonyl (C=O) groups excluding carboxylic acids is 2. The van der Waals surface area contributed by atoms with Crippen molar-refractivity contribution >= 4 is 35.3 Å². The number of rotatable bonds is 15. The van der Waals surface area contributed by atoms with Crippen LogP contribution < -0.4 is 10.6 Å². The van der Waals surface area contributed by atoms with Gasteiger partial charge in [-0.15, -0.1) is 23.5 Å². The first kappa shape index (κ1) is 35.8. The predicted octanol–water partition coefficient (Wildman–Crippen LogP) is 9.06. The van der Waals surface area contributed by atoms with E-state index in [1.54, 1.807) is 30.6 Å². The monoisotopic (exact) mass is 706 g/mol. The quantitative estimate of drug-likeness (QED) is 0.105. The van der Waals surface area contributed by atoms with E-state index in [2.05, 4.69) is 120 Å². The van der Waals surface area contributed by atoms with Gasteiger partial charge in [-0.25, -0.2) is 0 Å². The van der Waals surface area contributed by atoms with Crippen molar-refractivity contribution in [3.05, 3.63) is 215 Å². The summed E-state index contributed by atoms with van der Waals surface area (Å²) in [5, 5.41) is 5.91. The van der Waals surface area contributed by atoms with Crippen molar-refractivity contribution in [3.63, 3.8) is 0 Å². The maximum atomic E-state index is 13.8. The van der Waals surface area contributed by atoms with Gasteiger partial charge in [0.15, 0.2) is 0 Å². The summed E-state index contributed by atoms with van der Waals surface area (Å²) >= 11 is 3.40. The molecule has 2 N–H and O–H groups in total. The second kappa shape index (κ2) is 17.3. The molecule has 0 aliphatic rings. The lowest BCUT2D eigenvalue weighted by atomic mass is 9.84. The Balaban J connectivity index is 1.26. The SMILES string of the molecule is CNC(=O)C(CSC(c1ccccc1)(c1ccccc1)c1ccccc1)NC(=O)CCSC(c1ccccc1)(c1ccccc1)c1ccccc1. The number of nitrogens with one attached hydrogen (secondary N) is 2. The van der Waals surface area contributed by atoms with Crippen molar-refractivity contribution in [1.29, 1.82) is 0 Å². The molecule has 51 heavy (non-hydrogen) atoms. The number of hydrogen-bond acceptors (Lipinski definition) is 4. The molecule has 0 radical (unpaired) electrons. The third-order valence-corrected chi connectivity index (χ3v) is 12.3. The van der Waals surface area contributed by atoms with Gasteiger partial charge < -0.3 is 10.6 Å². The second-order valence-electron chi connectivity index (χ2n) is 12.2. The van der Waals surface area contributed by atoms with Crippen molar-refractivity contribution in [2.24, 2.45) is 0 Å². The van der Waals surface area contributed by atoms with Gasteiger partial charge in [0.1, 0.15) is 6.04 Å². The maximum Gasteiger partial charge on any atom is 0.243 e. The molecule has 6 aromatic rings. The summed E-state index contributed by atoms with van der Waals surface area (Å²) in [6, 6.07) is 61.8. The molecule has 0 fully saturated rings. The molecule has 0 aromatic heterocycles. The van der Waals surface area contributed by atoms with Crippen molar-refractivity contribution in [2.45, 2.75) is 22.0 Å². The molecule has 1 atom stereocenters. The highest BCUT2D eigenvalue weighted by Gasteiger charge is 2.39. The molecule has 0 spiro atoms. The van der Waals surface area contributed by atoms with Gasteiger partial charge >= 0.3 is 0 Å². The fourth-order valence-electron chi connectivity index (χ4n) is 6.67. The Bertz CT molecular complexity index is 1770. The lowest BCUT2D eigenvalue weighted by Gasteiger charge is -2.36. The summed E-state index contributed by atoms with van der Waals surface area (Å²) in [4.78, 5) is 27.2. The molecule has 2 amide bonds. The van der Waals surface area contributed by atoms with Crippen LogP contribution >= 0.6 is 23.5 Å². The van der Waals surface area contributed by atoms with E-state index in [0.717, 1.165) is 33.4 Å². The number of likely N-dealkylation sites (N-methyl/N-ethyl adjacent to an activating group) is 1. The standard InChI is InChI=1S/C45H42N2O2S2/c1-46-43(49)41(34-51-45(38-26-14-5-15-27-38,39-28-16-6-17-29-39)40-30-18-7-19-31-40)47-42(48)32-33-50-44(35-20-8-2-9-21-35,36-22-10-3-11-23-36)37-24-12-4-13-25-37/h2-31,41H,32-34H2,1H3,(H,46,49)(H,47,48). The van der Waals surface area contributed by atoms with Crippen LogP contribution in [-0.2, 0) is 19.1 Å². The zero-order chi connectivity index (χ0) is 35.4. The highest BCUT2D eigenvalue weighted by Crippen LogP contribution is 2.50. The Labute approximate surface area is 310 Å². The van der Waals surface area contributed by atoms with Crippen LogP contribution in [0, 0.1) is 0 Å². The van der Waals surface area contributed by atoms with E-state index < -0.39 is 15.5 Å². The van der Waals surface area contributed by atoms with Crippen LogP contribution in [0.3, 0.4) is 0 Å². The largest absolute Gasteiger partial charge is 0.357 e. The van der Waals surface area contributed by atoms with Crippen LogP contribution in [0.25, 0.3) is 0 Å². The first-order valence-corrected chi connectivity index (χ1v) is 19.2. The Morgan fingerprint density at radius 3 is 1.08 bits per heavy atom. The summed E-state index contributed by atoms with van der Waals surface area (Å²) in [7, 11) is 1.62. The summed E-state index contributed by atoms with van der Waals surface area (Å²) in [6.07, 6.45) is 0.248. The first-order valence-electron chi connectivity index (χ1n) is 17.2. The highest BCUT2D eigenvalue weighted by atomic mass is 32.2. The molecule has 0 saturated heterocycles. The van der Waals surface area contributed by atoms with Gasteiger partial charge in [0.25, 0.3) is 0 Å². The van der Waals surface area contributed by atoms with Crippen molar-refractivity contribution in [3.8, 4) is 0 Å². The Kier molecular flexibility index (Phi) is 12.1. The normalized spacial score (nSPS) is 12.1. The smallest absolute Gasteiger partial charge is 0.243 e. The minimum atomic E-state index is -0.741. The lowest BCUT2D eigenvalue weighted by Crippen LogP contribution is -2.48. The topological polar surface area (TPSA) is 58.2 Å². The number of hydrogen-bond donors (Lipinski definition) is 2. The molecule has 0 heterocycles. The van der Waals surface area contributed by atoms with E-state index in [-0.39, 0.29) is 18.2 Å². The van der Waals surface area contributed by atoms with Gasteiger partial charge in [-0.1, -0.05) is 182 Å². The zero-order valence-electron chi connectivity index (χ0n) is 28.7. The molecule has 0 aliphatic carbocycles. The molecular weight excluding hydrogens is 665 g/mol. The van der Waals surface area contributed by atoms with Gasteiger partial charge in [-0.2, -0.15) is 0 Å². The molecular formula is C45H42N2O2S2. The van der Waals surface area contributed by atoms with Crippen LogP contribution in [0.4, 0.5) is 0 Å². The molecule has 4 nitrogen and oxygen atoms in total.